The van der Waals surface area contributed by atoms with Crippen molar-refractivity contribution in [3.8, 4) is 0 Å². The molecule has 11 heavy (non-hydrogen) atoms. The summed E-state index contributed by atoms with van der Waals surface area (Å²) < 4.78 is 0. The first-order valence-electron chi connectivity index (χ1n) is 3.67. The number of hydrogen-bond acceptors (Lipinski definition) is 3. The lowest BCUT2D eigenvalue weighted by molar-refractivity contribution is -0.136. The van der Waals surface area contributed by atoms with E-state index in [0.29, 0.717) is 6.42 Å². The van der Waals surface area contributed by atoms with Gasteiger partial charge < -0.3 is 5.73 Å². The van der Waals surface area contributed by atoms with Crippen LogP contribution in [0.25, 0.3) is 0 Å². The zero-order valence-electron chi connectivity index (χ0n) is 7.31. The van der Waals surface area contributed by atoms with Gasteiger partial charge in [0.1, 0.15) is 0 Å². The molecule has 0 rings (SSSR count). The molecular weight excluding hydrogens is 144 g/mol. The Balaban J connectivity index is 3.94. The van der Waals surface area contributed by atoms with Gasteiger partial charge in [-0.25, -0.2) is 5.48 Å². The van der Waals surface area contributed by atoms with Crippen LogP contribution < -0.4 is 11.2 Å². The number of rotatable bonds is 4. The van der Waals surface area contributed by atoms with Crippen LogP contribution >= 0.6 is 0 Å². The van der Waals surface area contributed by atoms with Crippen molar-refractivity contribution >= 4 is 5.91 Å². The van der Waals surface area contributed by atoms with Crippen LogP contribution in [0.1, 0.15) is 26.7 Å². The third kappa shape index (κ3) is 3.34. The van der Waals surface area contributed by atoms with Crippen LogP contribution in [0.15, 0.2) is 0 Å². The Morgan fingerprint density at radius 3 is 2.64 bits per heavy atom. The van der Waals surface area contributed by atoms with Gasteiger partial charge in [0.25, 0.3) is 5.91 Å². The van der Waals surface area contributed by atoms with Gasteiger partial charge in [-0.3, -0.25) is 9.63 Å². The Hall–Kier alpha value is -0.610. The lowest BCUT2D eigenvalue weighted by Crippen LogP contribution is -2.51. The Bertz CT molecular complexity index is 134. The number of nitrogens with one attached hydrogen (secondary N) is 1. The van der Waals surface area contributed by atoms with Gasteiger partial charge in [0, 0.05) is 0 Å². The van der Waals surface area contributed by atoms with Gasteiger partial charge in [0.05, 0.1) is 12.6 Å². The molecular formula is C7H16N2O2. The fraction of sp³-hybridized carbons (Fsp3) is 0.857. The van der Waals surface area contributed by atoms with Crippen molar-refractivity contribution in [1.82, 2.24) is 5.48 Å². The molecule has 0 saturated heterocycles. The highest BCUT2D eigenvalue weighted by molar-refractivity contribution is 5.84. The molecule has 0 aromatic heterocycles. The van der Waals surface area contributed by atoms with Crippen LogP contribution in [0.3, 0.4) is 0 Å². The lowest BCUT2D eigenvalue weighted by atomic mass is 9.97. The van der Waals surface area contributed by atoms with Crippen molar-refractivity contribution in [2.24, 2.45) is 5.73 Å². The standard InChI is InChI=1S/C7H16N2O2/c1-4-5-7(2,8)6(10)9-11-3/h4-5,8H2,1-3H3,(H,9,10). The molecule has 0 spiro atoms. The van der Waals surface area contributed by atoms with Gasteiger partial charge in [0.15, 0.2) is 0 Å². The second kappa shape index (κ2) is 4.31. The van der Waals surface area contributed by atoms with E-state index < -0.39 is 5.54 Å². The highest BCUT2D eigenvalue weighted by Crippen LogP contribution is 2.07. The van der Waals surface area contributed by atoms with Crippen LogP contribution in [0.4, 0.5) is 0 Å². The predicted molar refractivity (Wildman–Crippen MR) is 42.7 cm³/mol. The fourth-order valence-electron chi connectivity index (χ4n) is 0.842. The molecule has 0 fully saturated rings. The molecule has 0 radical (unpaired) electrons. The number of hydrogen-bond donors (Lipinski definition) is 2. The molecule has 0 aromatic rings. The normalized spacial score (nSPS) is 15.6. The summed E-state index contributed by atoms with van der Waals surface area (Å²) in [6.45, 7) is 3.66. The first kappa shape index (κ1) is 10.4. The molecule has 3 N–H and O–H groups in total. The summed E-state index contributed by atoms with van der Waals surface area (Å²) in [5, 5.41) is 0. The third-order valence-electron chi connectivity index (χ3n) is 1.48. The molecule has 0 aliphatic rings. The molecule has 1 unspecified atom stereocenters. The van der Waals surface area contributed by atoms with Gasteiger partial charge in [-0.1, -0.05) is 13.3 Å². The van der Waals surface area contributed by atoms with Crippen molar-refractivity contribution < 1.29 is 9.63 Å². The van der Waals surface area contributed by atoms with Crippen molar-refractivity contribution in [3.05, 3.63) is 0 Å². The summed E-state index contributed by atoms with van der Waals surface area (Å²) in [4.78, 5) is 15.6. The zero-order valence-corrected chi connectivity index (χ0v) is 7.31. The Morgan fingerprint density at radius 1 is 1.73 bits per heavy atom. The third-order valence-corrected chi connectivity index (χ3v) is 1.48. The highest BCUT2D eigenvalue weighted by Gasteiger charge is 2.26. The van der Waals surface area contributed by atoms with Gasteiger partial charge in [-0.2, -0.15) is 0 Å². The molecule has 0 aliphatic heterocycles. The van der Waals surface area contributed by atoms with E-state index in [9.17, 15) is 4.79 Å². The number of amides is 1. The minimum Gasteiger partial charge on any atom is -0.318 e. The van der Waals surface area contributed by atoms with E-state index in [1.54, 1.807) is 6.92 Å². The lowest BCUT2D eigenvalue weighted by Gasteiger charge is -2.21. The number of carbonyl (C=O) groups excluding carboxylic acids is 1. The van der Waals surface area contributed by atoms with Crippen molar-refractivity contribution in [2.75, 3.05) is 7.11 Å². The minimum absolute atomic E-state index is 0.276. The number of hydroxylamine groups is 1. The van der Waals surface area contributed by atoms with E-state index in [2.05, 4.69) is 10.3 Å². The summed E-state index contributed by atoms with van der Waals surface area (Å²) in [7, 11) is 1.39. The van der Waals surface area contributed by atoms with Crippen LogP contribution in [0, 0.1) is 0 Å². The molecule has 0 heterocycles. The van der Waals surface area contributed by atoms with Gasteiger partial charge >= 0.3 is 0 Å². The molecule has 4 nitrogen and oxygen atoms in total. The molecule has 0 saturated carbocycles. The van der Waals surface area contributed by atoms with Gasteiger partial charge in [0.2, 0.25) is 0 Å². The summed E-state index contributed by atoms with van der Waals surface area (Å²) in [6, 6.07) is 0. The van der Waals surface area contributed by atoms with E-state index in [4.69, 9.17) is 5.73 Å². The van der Waals surface area contributed by atoms with E-state index >= 15 is 0 Å². The largest absolute Gasteiger partial charge is 0.318 e. The van der Waals surface area contributed by atoms with E-state index in [1.165, 1.54) is 7.11 Å². The molecule has 4 heteroatoms. The van der Waals surface area contributed by atoms with Crippen LogP contribution in [-0.4, -0.2) is 18.6 Å². The Morgan fingerprint density at radius 2 is 2.27 bits per heavy atom. The molecule has 0 bridgehead atoms. The first-order valence-corrected chi connectivity index (χ1v) is 3.67. The number of carbonyl (C=O) groups is 1. The highest BCUT2D eigenvalue weighted by atomic mass is 16.6. The first-order chi connectivity index (χ1) is 5.04. The summed E-state index contributed by atoms with van der Waals surface area (Å²) in [6.07, 6.45) is 1.53. The second-order valence-corrected chi connectivity index (χ2v) is 2.80. The SMILES string of the molecule is CCCC(C)(N)C(=O)NOC. The van der Waals surface area contributed by atoms with Crippen molar-refractivity contribution in [3.63, 3.8) is 0 Å². The maximum Gasteiger partial charge on any atom is 0.263 e. The molecule has 1 amide bonds. The zero-order chi connectivity index (χ0) is 8.91. The van der Waals surface area contributed by atoms with Crippen LogP contribution in [-0.2, 0) is 9.63 Å². The van der Waals surface area contributed by atoms with Gasteiger partial charge in [-0.05, 0) is 13.3 Å². The monoisotopic (exact) mass is 160 g/mol. The van der Waals surface area contributed by atoms with Crippen molar-refractivity contribution in [1.29, 1.82) is 0 Å². The van der Waals surface area contributed by atoms with Crippen LogP contribution in [0.2, 0.25) is 0 Å². The number of nitrogens with two attached hydrogens (primary N) is 1. The van der Waals surface area contributed by atoms with Gasteiger partial charge in [-0.15, -0.1) is 0 Å². The predicted octanol–water partition coefficient (Wildman–Crippen LogP) is 0.182. The fourth-order valence-corrected chi connectivity index (χ4v) is 0.842. The summed E-state index contributed by atoms with van der Waals surface area (Å²) >= 11 is 0. The van der Waals surface area contributed by atoms with E-state index in [0.717, 1.165) is 6.42 Å². The maximum absolute atomic E-state index is 11.1. The quantitative estimate of drug-likeness (QED) is 0.577. The Labute approximate surface area is 67.0 Å². The average Bonchev–Trinajstić information content (AvgIpc) is 1.88. The molecule has 0 aliphatic carbocycles. The molecule has 66 valence electrons. The molecule has 0 aromatic carbocycles. The topological polar surface area (TPSA) is 64.4 Å². The van der Waals surface area contributed by atoms with Crippen molar-refractivity contribution in [2.45, 2.75) is 32.2 Å². The summed E-state index contributed by atoms with van der Waals surface area (Å²) in [5.41, 5.74) is 7.06. The van der Waals surface area contributed by atoms with Crippen LogP contribution in [0.5, 0.6) is 0 Å². The minimum atomic E-state index is -0.815. The second-order valence-electron chi connectivity index (χ2n) is 2.80. The maximum atomic E-state index is 11.1. The average molecular weight is 160 g/mol. The Kier molecular flexibility index (Phi) is 4.07. The summed E-state index contributed by atoms with van der Waals surface area (Å²) in [5.74, 6) is -0.276. The smallest absolute Gasteiger partial charge is 0.263 e. The molecule has 1 atom stereocenters. The van der Waals surface area contributed by atoms with E-state index in [-0.39, 0.29) is 5.91 Å². The van der Waals surface area contributed by atoms with E-state index in [1.807, 2.05) is 6.92 Å².